The fraction of sp³-hybridized carbons (Fsp3) is 0.500. The number of carboxylic acids is 1. The molecule has 27 heavy (non-hydrogen) atoms. The molecule has 4 N–H and O–H groups in total. The maximum absolute atomic E-state index is 12.5. The number of carboxylic acid groups (broad SMARTS) is 1. The molecule has 0 spiro atoms. The monoisotopic (exact) mass is 382 g/mol. The molecule has 2 rings (SSSR count). The van der Waals surface area contributed by atoms with Crippen molar-refractivity contribution in [2.24, 2.45) is 0 Å². The van der Waals surface area contributed by atoms with E-state index in [2.05, 4.69) is 0 Å². The fourth-order valence-electron chi connectivity index (χ4n) is 2.69. The second kappa shape index (κ2) is 9.05. The number of unbranched alkanes of at least 4 members (excludes halogenated alkanes) is 1. The van der Waals surface area contributed by atoms with Crippen LogP contribution in [0.25, 0.3) is 0 Å². The van der Waals surface area contributed by atoms with E-state index in [1.165, 1.54) is 18.2 Å². The highest BCUT2D eigenvalue weighted by Crippen LogP contribution is 2.24. The standard InChI is InChI=1S/C18H22O9/c1-2-3-8-11(19)9-6-4-5-7-10(9)17(25)27-18-14(22)12(20)13(21)15(26-18)16(23)24/h4-7,12-15,18,20-22H,2-3,8H2,1H3,(H,23,24)/t12?,13-,14+,15?,18+/m1/s1. The van der Waals surface area contributed by atoms with Gasteiger partial charge in [0.05, 0.1) is 5.56 Å². The van der Waals surface area contributed by atoms with Crippen LogP contribution in [0, 0.1) is 0 Å². The number of ether oxygens (including phenoxy) is 2. The smallest absolute Gasteiger partial charge is 0.341 e. The first-order valence-electron chi connectivity index (χ1n) is 8.53. The van der Waals surface area contributed by atoms with Crippen LogP contribution in [0.5, 0.6) is 0 Å². The lowest BCUT2D eigenvalue weighted by Gasteiger charge is -2.37. The summed E-state index contributed by atoms with van der Waals surface area (Å²) in [5, 5.41) is 38.4. The fourth-order valence-corrected chi connectivity index (χ4v) is 2.69. The number of benzene rings is 1. The number of aliphatic carboxylic acids is 1. The van der Waals surface area contributed by atoms with E-state index in [9.17, 15) is 29.7 Å². The van der Waals surface area contributed by atoms with E-state index in [1.54, 1.807) is 6.07 Å². The van der Waals surface area contributed by atoms with Crippen LogP contribution in [-0.4, -0.2) is 68.9 Å². The number of hydrogen-bond acceptors (Lipinski definition) is 8. The molecule has 0 aromatic heterocycles. The molecular formula is C18H22O9. The third kappa shape index (κ3) is 4.69. The van der Waals surface area contributed by atoms with Crippen LogP contribution < -0.4 is 0 Å². The molecule has 2 unspecified atom stereocenters. The van der Waals surface area contributed by atoms with Crippen molar-refractivity contribution >= 4 is 17.7 Å². The molecule has 1 aromatic carbocycles. The van der Waals surface area contributed by atoms with Gasteiger partial charge in [0.2, 0.25) is 6.29 Å². The highest BCUT2D eigenvalue weighted by atomic mass is 16.7. The summed E-state index contributed by atoms with van der Waals surface area (Å²) in [5.41, 5.74) is 0.0681. The molecular weight excluding hydrogens is 360 g/mol. The number of Topliss-reactive ketones (excluding diaryl/α,β-unsaturated/α-hetero) is 1. The average Bonchev–Trinajstić information content (AvgIpc) is 2.66. The summed E-state index contributed by atoms with van der Waals surface area (Å²) in [6.07, 6.45) is -7.65. The molecule has 9 heteroatoms. The Morgan fingerprint density at radius 1 is 1.04 bits per heavy atom. The summed E-state index contributed by atoms with van der Waals surface area (Å²) in [4.78, 5) is 35.8. The van der Waals surface area contributed by atoms with Gasteiger partial charge in [-0.3, -0.25) is 4.79 Å². The van der Waals surface area contributed by atoms with Gasteiger partial charge in [0, 0.05) is 12.0 Å². The molecule has 0 bridgehead atoms. The van der Waals surface area contributed by atoms with Crippen LogP contribution in [0.2, 0.25) is 0 Å². The van der Waals surface area contributed by atoms with Crippen LogP contribution in [-0.2, 0) is 14.3 Å². The van der Waals surface area contributed by atoms with Crippen molar-refractivity contribution in [3.63, 3.8) is 0 Å². The van der Waals surface area contributed by atoms with Crippen LogP contribution in [0.3, 0.4) is 0 Å². The molecule has 1 saturated heterocycles. The third-order valence-corrected chi connectivity index (χ3v) is 4.24. The van der Waals surface area contributed by atoms with Gasteiger partial charge in [-0.2, -0.15) is 0 Å². The molecule has 1 fully saturated rings. The third-order valence-electron chi connectivity index (χ3n) is 4.24. The van der Waals surface area contributed by atoms with Gasteiger partial charge < -0.3 is 29.9 Å². The zero-order valence-corrected chi connectivity index (χ0v) is 14.6. The lowest BCUT2D eigenvalue weighted by atomic mass is 9.98. The predicted molar refractivity (Wildman–Crippen MR) is 90.0 cm³/mol. The minimum atomic E-state index is -1.89. The number of aliphatic hydroxyl groups is 3. The maximum atomic E-state index is 12.5. The second-order valence-corrected chi connectivity index (χ2v) is 6.21. The van der Waals surface area contributed by atoms with Gasteiger partial charge in [-0.05, 0) is 12.5 Å². The Kier molecular flexibility index (Phi) is 7.03. The Balaban J connectivity index is 2.19. The van der Waals surface area contributed by atoms with E-state index < -0.39 is 42.6 Å². The number of hydrogen-bond donors (Lipinski definition) is 4. The van der Waals surface area contributed by atoms with Gasteiger partial charge >= 0.3 is 11.9 Å². The Labute approximate surface area is 155 Å². The highest BCUT2D eigenvalue weighted by molar-refractivity contribution is 6.06. The Bertz CT molecular complexity index is 702. The number of ketones is 1. The lowest BCUT2D eigenvalue weighted by molar-refractivity contribution is -0.278. The maximum Gasteiger partial charge on any atom is 0.341 e. The number of rotatable bonds is 7. The summed E-state index contributed by atoms with van der Waals surface area (Å²) in [6.45, 7) is 1.92. The Morgan fingerprint density at radius 2 is 1.67 bits per heavy atom. The molecule has 1 heterocycles. The summed E-state index contributed by atoms with van der Waals surface area (Å²) < 4.78 is 9.90. The molecule has 1 aliphatic rings. The van der Waals surface area contributed by atoms with Crippen LogP contribution >= 0.6 is 0 Å². The van der Waals surface area contributed by atoms with Crippen LogP contribution in [0.15, 0.2) is 24.3 Å². The molecule has 148 valence electrons. The quantitative estimate of drug-likeness (QED) is 0.380. The molecule has 1 aliphatic heterocycles. The number of carbonyl (C=O) groups is 3. The molecule has 0 radical (unpaired) electrons. The summed E-state index contributed by atoms with van der Waals surface area (Å²) in [5.74, 6) is -2.87. The first kappa shape index (κ1) is 21.0. The molecule has 5 atom stereocenters. The van der Waals surface area contributed by atoms with Crippen molar-refractivity contribution in [3.8, 4) is 0 Å². The minimum Gasteiger partial charge on any atom is -0.479 e. The molecule has 0 saturated carbocycles. The lowest BCUT2D eigenvalue weighted by Crippen LogP contribution is -2.60. The molecule has 1 aromatic rings. The summed E-state index contributed by atoms with van der Waals surface area (Å²) in [6, 6.07) is 5.93. The van der Waals surface area contributed by atoms with E-state index in [-0.39, 0.29) is 23.3 Å². The van der Waals surface area contributed by atoms with Crippen molar-refractivity contribution in [2.75, 3.05) is 0 Å². The van der Waals surface area contributed by atoms with Crippen molar-refractivity contribution in [3.05, 3.63) is 35.4 Å². The number of carbonyl (C=O) groups excluding carboxylic acids is 2. The first-order chi connectivity index (χ1) is 12.8. The van der Waals surface area contributed by atoms with Gasteiger partial charge in [-0.25, -0.2) is 9.59 Å². The highest BCUT2D eigenvalue weighted by Gasteiger charge is 2.48. The van der Waals surface area contributed by atoms with Crippen molar-refractivity contribution in [2.45, 2.75) is 56.9 Å². The number of esters is 1. The van der Waals surface area contributed by atoms with E-state index in [0.29, 0.717) is 6.42 Å². The Hall–Kier alpha value is -2.33. The normalized spacial score (nSPS) is 27.8. The van der Waals surface area contributed by atoms with E-state index >= 15 is 0 Å². The van der Waals surface area contributed by atoms with Gasteiger partial charge in [0.1, 0.15) is 18.3 Å². The zero-order chi connectivity index (χ0) is 20.1. The van der Waals surface area contributed by atoms with E-state index in [4.69, 9.17) is 14.6 Å². The predicted octanol–water partition coefficient (Wildman–Crippen LogP) is 0.108. The number of aliphatic hydroxyl groups excluding tert-OH is 3. The van der Waals surface area contributed by atoms with Gasteiger partial charge in [-0.15, -0.1) is 0 Å². The van der Waals surface area contributed by atoms with Crippen molar-refractivity contribution in [1.82, 2.24) is 0 Å². The average molecular weight is 382 g/mol. The van der Waals surface area contributed by atoms with Gasteiger partial charge in [-0.1, -0.05) is 31.5 Å². The van der Waals surface area contributed by atoms with E-state index in [1.807, 2.05) is 6.92 Å². The molecule has 0 amide bonds. The van der Waals surface area contributed by atoms with Crippen molar-refractivity contribution < 1.29 is 44.3 Å². The summed E-state index contributed by atoms with van der Waals surface area (Å²) >= 11 is 0. The van der Waals surface area contributed by atoms with Crippen molar-refractivity contribution in [1.29, 1.82) is 0 Å². The van der Waals surface area contributed by atoms with Gasteiger partial charge in [0.25, 0.3) is 0 Å². The first-order valence-corrected chi connectivity index (χ1v) is 8.53. The zero-order valence-electron chi connectivity index (χ0n) is 14.6. The van der Waals surface area contributed by atoms with Gasteiger partial charge in [0.15, 0.2) is 11.9 Å². The van der Waals surface area contributed by atoms with Crippen LogP contribution in [0.1, 0.15) is 46.9 Å². The summed E-state index contributed by atoms with van der Waals surface area (Å²) in [7, 11) is 0. The minimum absolute atomic E-state index is 0.0677. The largest absolute Gasteiger partial charge is 0.479 e. The molecule has 0 aliphatic carbocycles. The second-order valence-electron chi connectivity index (χ2n) is 6.21. The van der Waals surface area contributed by atoms with E-state index in [0.717, 1.165) is 6.42 Å². The SMILES string of the molecule is CCCCC(=O)c1ccccc1C(=O)O[C@@H]1OC(C(=O)O)[C@H](O)C(O)[C@@H]1O. The topological polar surface area (TPSA) is 151 Å². The Morgan fingerprint density at radius 3 is 2.26 bits per heavy atom. The van der Waals surface area contributed by atoms with Crippen LogP contribution in [0.4, 0.5) is 0 Å². The molecule has 9 nitrogen and oxygen atoms in total.